The van der Waals surface area contributed by atoms with Crippen molar-refractivity contribution < 1.29 is 4.79 Å². The van der Waals surface area contributed by atoms with Gasteiger partial charge >= 0.3 is 0 Å². The molecule has 3 heterocycles. The Labute approximate surface area is 196 Å². The number of rotatable bonds is 8. The van der Waals surface area contributed by atoms with Crippen LogP contribution in [0.15, 0.2) is 41.8 Å². The molecule has 0 bridgehead atoms. The van der Waals surface area contributed by atoms with E-state index in [0.29, 0.717) is 6.04 Å². The van der Waals surface area contributed by atoms with Crippen LogP contribution in [-0.2, 0) is 11.2 Å². The minimum atomic E-state index is -0.345. The van der Waals surface area contributed by atoms with Crippen LogP contribution >= 0.6 is 23.1 Å². The largest absolute Gasteiger partial charge is 0.339 e. The summed E-state index contributed by atoms with van der Waals surface area (Å²) in [5, 5.41) is 5.55. The normalized spacial score (nSPS) is 24.8. The molecule has 2 fully saturated rings. The Morgan fingerprint density at radius 1 is 1.03 bits per heavy atom. The third kappa shape index (κ3) is 5.20. The molecule has 2 unspecified atom stereocenters. The topological polar surface area (TPSA) is 32.3 Å². The summed E-state index contributed by atoms with van der Waals surface area (Å²) in [4.78, 5) is 16.4. The van der Waals surface area contributed by atoms with Gasteiger partial charge in [0.25, 0.3) is 0 Å². The zero-order valence-corrected chi connectivity index (χ0v) is 20.8. The molecule has 1 aromatic heterocycles. The lowest BCUT2D eigenvalue weighted by Gasteiger charge is -2.43. The number of thiophene rings is 1. The van der Waals surface area contributed by atoms with Crippen molar-refractivity contribution in [2.45, 2.75) is 81.4 Å². The third-order valence-corrected chi connectivity index (χ3v) is 9.22. The number of benzene rings is 1. The first-order valence-electron chi connectivity index (χ1n) is 11.8. The minimum Gasteiger partial charge on any atom is -0.339 e. The molecule has 0 radical (unpaired) electrons. The predicted molar refractivity (Wildman–Crippen MR) is 135 cm³/mol. The van der Waals surface area contributed by atoms with Gasteiger partial charge in [0.15, 0.2) is 0 Å². The van der Waals surface area contributed by atoms with Crippen LogP contribution in [0.4, 0.5) is 0 Å². The second-order valence-corrected chi connectivity index (χ2v) is 12.7. The SMILES string of the molecule is CC1(C)SC(C)(C(CCCCc2ccccc2-c2cccs2)N2CCCCC2)NC1=O. The fourth-order valence-electron chi connectivity index (χ4n) is 5.23. The Hall–Kier alpha value is -1.30. The fraction of sp³-hybridized carbons (Fsp3) is 0.577. The van der Waals surface area contributed by atoms with Crippen LogP contribution < -0.4 is 5.32 Å². The number of aryl methyl sites for hydroxylation is 1. The standard InChI is InChI=1S/C26H36N2OS2/c1-25(2)24(29)27-26(3,31-25)23(28-17-9-4-10-18-28)16-8-6-13-20-12-5-7-14-21(20)22-15-11-19-30-22/h5,7,11-12,14-15,19,23H,4,6,8-10,13,16-18H2,1-3H3,(H,27,29). The molecule has 0 aliphatic carbocycles. The number of nitrogens with one attached hydrogen (secondary N) is 1. The number of carbonyl (C=O) groups excluding carboxylic acids is 1. The molecule has 2 aliphatic heterocycles. The molecule has 2 aliphatic rings. The molecule has 0 saturated carbocycles. The first-order chi connectivity index (χ1) is 14.9. The van der Waals surface area contributed by atoms with Gasteiger partial charge in [-0.1, -0.05) is 43.2 Å². The van der Waals surface area contributed by atoms with Crippen LogP contribution in [0.5, 0.6) is 0 Å². The summed E-state index contributed by atoms with van der Waals surface area (Å²) in [6, 6.07) is 13.6. The van der Waals surface area contributed by atoms with Gasteiger partial charge in [0.05, 0.1) is 9.62 Å². The lowest BCUT2D eigenvalue weighted by molar-refractivity contribution is -0.123. The fourth-order valence-corrected chi connectivity index (χ4v) is 7.77. The molecule has 168 valence electrons. The summed E-state index contributed by atoms with van der Waals surface area (Å²) >= 11 is 3.65. The van der Waals surface area contributed by atoms with Gasteiger partial charge in [-0.25, -0.2) is 0 Å². The molecule has 2 atom stereocenters. The van der Waals surface area contributed by atoms with Gasteiger partial charge in [-0.3, -0.25) is 9.69 Å². The summed E-state index contributed by atoms with van der Waals surface area (Å²) in [6.45, 7) is 8.71. The molecule has 2 aromatic rings. The van der Waals surface area contributed by atoms with Gasteiger partial charge in [-0.2, -0.15) is 0 Å². The van der Waals surface area contributed by atoms with Crippen molar-refractivity contribution >= 4 is 29.0 Å². The average Bonchev–Trinajstić information content (AvgIpc) is 3.35. The summed E-state index contributed by atoms with van der Waals surface area (Å²) in [5.41, 5.74) is 2.84. The zero-order valence-electron chi connectivity index (χ0n) is 19.2. The number of amides is 1. The highest BCUT2D eigenvalue weighted by molar-refractivity contribution is 8.03. The van der Waals surface area contributed by atoms with Crippen LogP contribution in [0.25, 0.3) is 10.4 Å². The van der Waals surface area contributed by atoms with Crippen molar-refractivity contribution in [1.82, 2.24) is 10.2 Å². The van der Waals surface area contributed by atoms with Gasteiger partial charge in [0.1, 0.15) is 0 Å². The lowest BCUT2D eigenvalue weighted by Crippen LogP contribution is -2.56. The van der Waals surface area contributed by atoms with Crippen LogP contribution in [0, 0.1) is 0 Å². The van der Waals surface area contributed by atoms with E-state index in [1.165, 1.54) is 61.2 Å². The first-order valence-corrected chi connectivity index (χ1v) is 13.5. The molecular weight excluding hydrogens is 420 g/mol. The quantitative estimate of drug-likeness (QED) is 0.470. The molecule has 1 aromatic carbocycles. The minimum absolute atomic E-state index is 0.187. The van der Waals surface area contributed by atoms with Crippen LogP contribution in [0.2, 0.25) is 0 Å². The Morgan fingerprint density at radius 2 is 1.81 bits per heavy atom. The lowest BCUT2D eigenvalue weighted by atomic mass is 9.95. The maximum absolute atomic E-state index is 12.6. The monoisotopic (exact) mass is 456 g/mol. The van der Waals surface area contributed by atoms with Gasteiger partial charge in [-0.05, 0) is 88.5 Å². The number of unbranched alkanes of at least 4 members (excludes halogenated alkanes) is 1. The third-order valence-electron chi connectivity index (χ3n) is 6.82. The summed E-state index contributed by atoms with van der Waals surface area (Å²) < 4.78 is -0.345. The number of piperidine rings is 1. The smallest absolute Gasteiger partial charge is 0.236 e. The van der Waals surface area contributed by atoms with E-state index in [0.717, 1.165) is 12.8 Å². The van der Waals surface area contributed by atoms with Gasteiger partial charge in [-0.15, -0.1) is 23.1 Å². The number of hydrogen-bond donors (Lipinski definition) is 1. The van der Waals surface area contributed by atoms with E-state index >= 15 is 0 Å². The number of hydrogen-bond acceptors (Lipinski definition) is 4. The molecular formula is C26H36N2OS2. The molecule has 5 heteroatoms. The van der Waals surface area contributed by atoms with Crippen molar-refractivity contribution in [1.29, 1.82) is 0 Å². The van der Waals surface area contributed by atoms with E-state index < -0.39 is 0 Å². The van der Waals surface area contributed by atoms with E-state index in [4.69, 9.17) is 0 Å². The van der Waals surface area contributed by atoms with E-state index in [2.05, 4.69) is 72.8 Å². The van der Waals surface area contributed by atoms with E-state index in [-0.39, 0.29) is 15.5 Å². The van der Waals surface area contributed by atoms with Crippen molar-refractivity contribution in [3.63, 3.8) is 0 Å². The number of likely N-dealkylation sites (tertiary alicyclic amines) is 1. The predicted octanol–water partition coefficient (Wildman–Crippen LogP) is 6.34. The Morgan fingerprint density at radius 3 is 2.48 bits per heavy atom. The van der Waals surface area contributed by atoms with Crippen LogP contribution in [-0.4, -0.2) is 39.6 Å². The summed E-state index contributed by atoms with van der Waals surface area (Å²) in [7, 11) is 0. The van der Waals surface area contributed by atoms with Crippen molar-refractivity contribution in [2.24, 2.45) is 0 Å². The Kier molecular flexibility index (Phi) is 7.14. The molecule has 3 nitrogen and oxygen atoms in total. The average molecular weight is 457 g/mol. The van der Waals surface area contributed by atoms with E-state index in [9.17, 15) is 4.79 Å². The second-order valence-electron chi connectivity index (χ2n) is 9.67. The first kappa shape index (κ1) is 22.9. The summed E-state index contributed by atoms with van der Waals surface area (Å²) in [6.07, 6.45) is 8.52. The number of nitrogens with zero attached hydrogens (tertiary/aromatic N) is 1. The molecule has 0 spiro atoms. The van der Waals surface area contributed by atoms with Crippen molar-refractivity contribution in [3.8, 4) is 10.4 Å². The van der Waals surface area contributed by atoms with Crippen molar-refractivity contribution in [3.05, 3.63) is 47.3 Å². The highest BCUT2D eigenvalue weighted by atomic mass is 32.2. The molecule has 1 amide bonds. The van der Waals surface area contributed by atoms with Gasteiger partial charge < -0.3 is 5.32 Å². The number of thioether (sulfide) groups is 1. The Bertz CT molecular complexity index is 873. The van der Waals surface area contributed by atoms with Gasteiger partial charge in [0.2, 0.25) is 5.91 Å². The van der Waals surface area contributed by atoms with Crippen molar-refractivity contribution in [2.75, 3.05) is 13.1 Å². The van der Waals surface area contributed by atoms with Crippen LogP contribution in [0.1, 0.15) is 64.9 Å². The van der Waals surface area contributed by atoms with E-state index in [1.54, 1.807) is 0 Å². The maximum Gasteiger partial charge on any atom is 0.236 e. The Balaban J connectivity index is 1.41. The number of carbonyl (C=O) groups is 1. The molecule has 31 heavy (non-hydrogen) atoms. The molecule has 1 N–H and O–H groups in total. The van der Waals surface area contributed by atoms with Gasteiger partial charge in [0, 0.05) is 10.9 Å². The zero-order chi connectivity index (χ0) is 21.9. The highest BCUT2D eigenvalue weighted by Gasteiger charge is 2.52. The van der Waals surface area contributed by atoms with E-state index in [1.807, 2.05) is 23.1 Å². The molecule has 4 rings (SSSR count). The molecule has 2 saturated heterocycles. The highest BCUT2D eigenvalue weighted by Crippen LogP contribution is 2.46. The van der Waals surface area contributed by atoms with Crippen LogP contribution in [0.3, 0.4) is 0 Å². The maximum atomic E-state index is 12.6. The second kappa shape index (κ2) is 9.68. The summed E-state index contributed by atoms with van der Waals surface area (Å²) in [5.74, 6) is 0.187.